The van der Waals surface area contributed by atoms with E-state index < -0.39 is 9.84 Å². The van der Waals surface area contributed by atoms with Crippen LogP contribution in [0.25, 0.3) is 0 Å². The van der Waals surface area contributed by atoms with Crippen molar-refractivity contribution in [2.75, 3.05) is 6.26 Å². The van der Waals surface area contributed by atoms with Gasteiger partial charge >= 0.3 is 0 Å². The maximum Gasteiger partial charge on any atom is 0.175 e. The fourth-order valence-electron chi connectivity index (χ4n) is 1.55. The summed E-state index contributed by atoms with van der Waals surface area (Å²) in [6.45, 7) is 0.997. The summed E-state index contributed by atoms with van der Waals surface area (Å²) < 4.78 is 28.2. The molecule has 0 amide bonds. The van der Waals surface area contributed by atoms with Crippen LogP contribution in [-0.4, -0.2) is 14.7 Å². The molecule has 2 rings (SSSR count). The molecule has 0 unspecified atom stereocenters. The van der Waals surface area contributed by atoms with Crippen molar-refractivity contribution in [3.05, 3.63) is 46.2 Å². The molecule has 2 N–H and O–H groups in total. The Hall–Kier alpha value is -1.37. The van der Waals surface area contributed by atoms with Crippen molar-refractivity contribution < 1.29 is 13.2 Å². The molecular formula is C13H15NO3S2. The molecule has 6 heteroatoms. The number of hydrogen-bond acceptors (Lipinski definition) is 5. The lowest BCUT2D eigenvalue weighted by Crippen LogP contribution is -1.97. The van der Waals surface area contributed by atoms with Crippen molar-refractivity contribution in [3.63, 3.8) is 0 Å². The summed E-state index contributed by atoms with van der Waals surface area (Å²) >= 11 is 1.61. The minimum atomic E-state index is -3.15. The summed E-state index contributed by atoms with van der Waals surface area (Å²) in [5.74, 6) is 0.648. The number of nitrogens with two attached hydrogens (primary N) is 1. The van der Waals surface area contributed by atoms with E-state index in [2.05, 4.69) is 0 Å². The molecule has 102 valence electrons. The first-order valence-electron chi connectivity index (χ1n) is 5.69. The molecule has 0 bridgehead atoms. The lowest BCUT2D eigenvalue weighted by atomic mass is 10.3. The molecule has 1 aromatic carbocycles. The molecule has 4 nitrogen and oxygen atoms in total. The molecule has 0 atom stereocenters. The van der Waals surface area contributed by atoms with Crippen LogP contribution in [0.4, 0.5) is 0 Å². The number of ether oxygens (including phenoxy) is 1. The summed E-state index contributed by atoms with van der Waals surface area (Å²) in [6, 6.07) is 10.4. The third-order valence-corrected chi connectivity index (χ3v) is 4.76. The van der Waals surface area contributed by atoms with Crippen molar-refractivity contribution >= 4 is 21.2 Å². The Bertz CT molecular complexity index is 645. The average molecular weight is 297 g/mol. The molecule has 0 fully saturated rings. The van der Waals surface area contributed by atoms with E-state index in [-0.39, 0.29) is 0 Å². The van der Waals surface area contributed by atoms with Gasteiger partial charge in [-0.25, -0.2) is 8.42 Å². The van der Waals surface area contributed by atoms with Crippen LogP contribution in [0.3, 0.4) is 0 Å². The molecule has 0 aliphatic carbocycles. The van der Waals surface area contributed by atoms with Gasteiger partial charge in [0.25, 0.3) is 0 Å². The summed E-state index contributed by atoms with van der Waals surface area (Å²) in [7, 11) is -3.15. The number of thiophene rings is 1. The minimum Gasteiger partial charge on any atom is -0.488 e. The predicted molar refractivity (Wildman–Crippen MR) is 76.1 cm³/mol. The van der Waals surface area contributed by atoms with Crippen LogP contribution in [-0.2, 0) is 23.0 Å². The van der Waals surface area contributed by atoms with E-state index in [1.807, 2.05) is 12.1 Å². The second-order valence-corrected chi connectivity index (χ2v) is 7.37. The first-order valence-corrected chi connectivity index (χ1v) is 8.40. The van der Waals surface area contributed by atoms with Gasteiger partial charge in [-0.1, -0.05) is 0 Å². The molecule has 0 spiro atoms. The Balaban J connectivity index is 2.00. The van der Waals surface area contributed by atoms with Gasteiger partial charge in [-0.05, 0) is 36.4 Å². The topological polar surface area (TPSA) is 69.4 Å². The minimum absolute atomic E-state index is 0.293. The van der Waals surface area contributed by atoms with E-state index in [0.717, 1.165) is 9.75 Å². The Morgan fingerprint density at radius 1 is 1.11 bits per heavy atom. The fraction of sp³-hybridized carbons (Fsp3) is 0.231. The van der Waals surface area contributed by atoms with Gasteiger partial charge in [0.1, 0.15) is 12.4 Å². The zero-order valence-corrected chi connectivity index (χ0v) is 12.1. The number of rotatable bonds is 5. The molecule has 2 aromatic rings. The molecule has 1 heterocycles. The molecular weight excluding hydrogens is 282 g/mol. The van der Waals surface area contributed by atoms with Crippen LogP contribution in [0.2, 0.25) is 0 Å². The monoisotopic (exact) mass is 297 g/mol. The van der Waals surface area contributed by atoms with Crippen molar-refractivity contribution in [1.82, 2.24) is 0 Å². The van der Waals surface area contributed by atoms with Crippen LogP contribution in [0.1, 0.15) is 9.75 Å². The second kappa shape index (κ2) is 5.73. The van der Waals surface area contributed by atoms with Crippen molar-refractivity contribution in [3.8, 4) is 5.75 Å². The summed E-state index contributed by atoms with van der Waals surface area (Å²) in [6.07, 6.45) is 1.18. The number of hydrogen-bond donors (Lipinski definition) is 1. The highest BCUT2D eigenvalue weighted by molar-refractivity contribution is 7.90. The maximum absolute atomic E-state index is 11.3. The van der Waals surface area contributed by atoms with Gasteiger partial charge in [0.05, 0.1) is 4.90 Å². The quantitative estimate of drug-likeness (QED) is 0.918. The fourth-order valence-corrected chi connectivity index (χ4v) is 2.99. The molecule has 0 aliphatic rings. The van der Waals surface area contributed by atoms with Gasteiger partial charge in [0.2, 0.25) is 0 Å². The van der Waals surface area contributed by atoms with Crippen LogP contribution in [0.5, 0.6) is 5.75 Å². The summed E-state index contributed by atoms with van der Waals surface area (Å²) in [5.41, 5.74) is 5.54. The molecule has 19 heavy (non-hydrogen) atoms. The molecule has 0 radical (unpaired) electrons. The Labute approximate surface area is 116 Å². The normalized spacial score (nSPS) is 11.5. The van der Waals surface area contributed by atoms with Gasteiger partial charge in [0, 0.05) is 22.6 Å². The Morgan fingerprint density at radius 2 is 1.74 bits per heavy atom. The van der Waals surface area contributed by atoms with Gasteiger partial charge in [-0.3, -0.25) is 0 Å². The predicted octanol–water partition coefficient (Wildman–Crippen LogP) is 2.19. The van der Waals surface area contributed by atoms with E-state index in [0.29, 0.717) is 23.8 Å². The second-order valence-electron chi connectivity index (χ2n) is 4.10. The average Bonchev–Trinajstić information content (AvgIpc) is 2.84. The standard InChI is InChI=1S/C13H15NO3S2/c1-19(15,16)13-6-2-10(3-7-13)17-9-12-5-4-11(8-14)18-12/h2-7H,8-9,14H2,1H3. The third-order valence-electron chi connectivity index (χ3n) is 2.55. The lowest BCUT2D eigenvalue weighted by molar-refractivity contribution is 0.309. The maximum atomic E-state index is 11.3. The molecule has 0 saturated carbocycles. The Kier molecular flexibility index (Phi) is 4.24. The van der Waals surface area contributed by atoms with Gasteiger partial charge < -0.3 is 10.5 Å². The first-order chi connectivity index (χ1) is 8.99. The third kappa shape index (κ3) is 3.79. The number of sulfone groups is 1. The highest BCUT2D eigenvalue weighted by Crippen LogP contribution is 2.20. The number of benzene rings is 1. The van der Waals surface area contributed by atoms with Gasteiger partial charge in [-0.15, -0.1) is 11.3 Å². The van der Waals surface area contributed by atoms with Crippen LogP contribution >= 0.6 is 11.3 Å². The highest BCUT2D eigenvalue weighted by atomic mass is 32.2. The summed E-state index contributed by atoms with van der Waals surface area (Å²) in [4.78, 5) is 2.50. The van der Waals surface area contributed by atoms with E-state index in [9.17, 15) is 8.42 Å². The molecule has 1 aromatic heterocycles. The van der Waals surface area contributed by atoms with E-state index >= 15 is 0 Å². The largest absolute Gasteiger partial charge is 0.488 e. The van der Waals surface area contributed by atoms with Crippen molar-refractivity contribution in [1.29, 1.82) is 0 Å². The zero-order chi connectivity index (χ0) is 13.9. The lowest BCUT2D eigenvalue weighted by Gasteiger charge is -2.05. The highest BCUT2D eigenvalue weighted by Gasteiger charge is 2.06. The smallest absolute Gasteiger partial charge is 0.175 e. The van der Waals surface area contributed by atoms with E-state index in [4.69, 9.17) is 10.5 Å². The van der Waals surface area contributed by atoms with Crippen molar-refractivity contribution in [2.24, 2.45) is 5.73 Å². The SMILES string of the molecule is CS(=O)(=O)c1ccc(OCc2ccc(CN)s2)cc1. The summed E-state index contributed by atoms with van der Waals surface area (Å²) in [5, 5.41) is 0. The molecule has 0 saturated heterocycles. The van der Waals surface area contributed by atoms with Gasteiger partial charge in [-0.2, -0.15) is 0 Å². The van der Waals surface area contributed by atoms with Crippen LogP contribution < -0.4 is 10.5 Å². The Morgan fingerprint density at radius 3 is 2.26 bits per heavy atom. The van der Waals surface area contributed by atoms with Crippen molar-refractivity contribution in [2.45, 2.75) is 18.0 Å². The first kappa shape index (κ1) is 14.0. The zero-order valence-electron chi connectivity index (χ0n) is 10.5. The van der Waals surface area contributed by atoms with E-state index in [1.165, 1.54) is 6.26 Å². The van der Waals surface area contributed by atoms with E-state index in [1.54, 1.807) is 35.6 Å². The molecule has 0 aliphatic heterocycles. The van der Waals surface area contributed by atoms with Gasteiger partial charge in [0.15, 0.2) is 9.84 Å². The van der Waals surface area contributed by atoms with Crippen LogP contribution in [0, 0.1) is 0 Å². The van der Waals surface area contributed by atoms with Crippen LogP contribution in [0.15, 0.2) is 41.3 Å².